The predicted octanol–water partition coefficient (Wildman–Crippen LogP) is 4.04. The van der Waals surface area contributed by atoms with E-state index in [-0.39, 0.29) is 18.4 Å². The lowest BCUT2D eigenvalue weighted by molar-refractivity contribution is -0.139. The number of allylic oxidation sites excluding steroid dienone is 1. The second-order valence-electron chi connectivity index (χ2n) is 6.45. The molecule has 0 amide bonds. The number of alkyl halides is 7. The zero-order chi connectivity index (χ0) is 22.1. The van der Waals surface area contributed by atoms with Crippen molar-refractivity contribution in [3.8, 4) is 0 Å². The Morgan fingerprint density at radius 2 is 1.41 bits per heavy atom. The van der Waals surface area contributed by atoms with Gasteiger partial charge in [0.2, 0.25) is 11.9 Å². The van der Waals surface area contributed by atoms with E-state index in [0.717, 1.165) is 13.8 Å². The summed E-state index contributed by atoms with van der Waals surface area (Å²) in [6.07, 6.45) is -11.1. The Hall–Kier alpha value is -1.89. The number of halogens is 8. The van der Waals surface area contributed by atoms with Gasteiger partial charge in [0.05, 0.1) is 5.38 Å². The van der Waals surface area contributed by atoms with Gasteiger partial charge in [-0.1, -0.05) is 0 Å². The summed E-state index contributed by atoms with van der Waals surface area (Å²) in [7, 11) is 0. The Bertz CT molecular complexity index is 730. The number of aliphatic hydroxyl groups excluding tert-OH is 1. The molecule has 0 bridgehead atoms. The fourth-order valence-electron chi connectivity index (χ4n) is 2.31. The Kier molecular flexibility index (Phi) is 6.82. The van der Waals surface area contributed by atoms with Gasteiger partial charge in [-0.05, 0) is 26.7 Å². The molecule has 4 unspecified atom stereocenters. The van der Waals surface area contributed by atoms with Crippen molar-refractivity contribution in [2.45, 2.75) is 62.6 Å². The van der Waals surface area contributed by atoms with Gasteiger partial charge in [-0.2, -0.15) is 41.3 Å². The smallest absolute Gasteiger partial charge is 0.384 e. The first-order chi connectivity index (χ1) is 13.2. The van der Waals surface area contributed by atoms with Crippen LogP contribution >= 0.6 is 11.6 Å². The summed E-state index contributed by atoms with van der Waals surface area (Å²) in [6, 6.07) is -4.29. The third-order valence-corrected chi connectivity index (χ3v) is 4.60. The van der Waals surface area contributed by atoms with E-state index < -0.39 is 59.5 Å². The van der Waals surface area contributed by atoms with E-state index in [0.29, 0.717) is 0 Å². The van der Waals surface area contributed by atoms with Crippen molar-refractivity contribution >= 4 is 29.1 Å². The van der Waals surface area contributed by atoms with E-state index in [9.17, 15) is 35.8 Å². The molecule has 164 valence electrons. The summed E-state index contributed by atoms with van der Waals surface area (Å²) in [4.78, 5) is 10.9. The van der Waals surface area contributed by atoms with E-state index in [1.807, 2.05) is 10.6 Å². The number of hydrogen-bond donors (Lipinski definition) is 3. The highest BCUT2D eigenvalue weighted by Gasteiger charge is 2.38. The normalized spacial score (nSPS) is 23.0. The minimum atomic E-state index is -4.70. The molecule has 1 heterocycles. The van der Waals surface area contributed by atoms with E-state index in [1.165, 1.54) is 0 Å². The first-order valence-corrected chi connectivity index (χ1v) is 8.77. The number of rotatable bonds is 5. The molecule has 1 aromatic rings. The molecule has 0 aliphatic heterocycles. The zero-order valence-electron chi connectivity index (χ0n) is 15.0. The van der Waals surface area contributed by atoms with E-state index in [1.54, 1.807) is 0 Å². The highest BCUT2D eigenvalue weighted by atomic mass is 35.5. The summed E-state index contributed by atoms with van der Waals surface area (Å²) in [5, 5.41) is 12.6. The maximum atomic E-state index is 14.4. The molecule has 14 heteroatoms. The van der Waals surface area contributed by atoms with Crippen molar-refractivity contribution < 1.29 is 35.8 Å². The first-order valence-electron chi connectivity index (χ1n) is 8.33. The molecule has 2 rings (SSSR count). The van der Waals surface area contributed by atoms with Crippen molar-refractivity contribution in [3.05, 3.63) is 11.7 Å². The maximum absolute atomic E-state index is 14.4. The number of aliphatic hydroxyl groups is 1. The second-order valence-corrected chi connectivity index (χ2v) is 7.01. The van der Waals surface area contributed by atoms with Crippen LogP contribution in [-0.2, 0) is 0 Å². The zero-order valence-corrected chi connectivity index (χ0v) is 15.8. The lowest BCUT2D eigenvalue weighted by Gasteiger charge is -2.24. The Morgan fingerprint density at radius 3 is 1.83 bits per heavy atom. The Balaban J connectivity index is 2.47. The predicted molar refractivity (Wildman–Crippen MR) is 91.0 cm³/mol. The fraction of sp³-hybridized carbons (Fsp3) is 0.667. The lowest BCUT2D eigenvalue weighted by atomic mass is 9.95. The molecular weight excluding hydrogens is 435 g/mol. The van der Waals surface area contributed by atoms with E-state index in [4.69, 9.17) is 11.6 Å². The molecule has 1 aromatic heterocycles. The summed E-state index contributed by atoms with van der Waals surface area (Å²) in [5.74, 6) is -3.03. The van der Waals surface area contributed by atoms with E-state index >= 15 is 0 Å². The quantitative estimate of drug-likeness (QED) is 0.463. The van der Waals surface area contributed by atoms with Gasteiger partial charge >= 0.3 is 12.4 Å². The topological polar surface area (TPSA) is 83.0 Å². The summed E-state index contributed by atoms with van der Waals surface area (Å²) >= 11 is 5.76. The molecule has 1 aliphatic rings. The first kappa shape index (κ1) is 23.4. The van der Waals surface area contributed by atoms with Gasteiger partial charge in [0, 0.05) is 5.57 Å². The van der Waals surface area contributed by atoms with Crippen molar-refractivity contribution in [1.82, 2.24) is 15.0 Å². The van der Waals surface area contributed by atoms with Gasteiger partial charge in [-0.15, -0.1) is 11.6 Å². The SMILES string of the molecule is CC(Nc1nc(NC(C)C(F)(F)F)nc(C2=C(F)C(O)C(Cl)CC2)n1)C(F)(F)F. The van der Waals surface area contributed by atoms with Crippen molar-refractivity contribution in [2.75, 3.05) is 10.6 Å². The lowest BCUT2D eigenvalue weighted by Crippen LogP contribution is -2.35. The van der Waals surface area contributed by atoms with Crippen molar-refractivity contribution in [2.24, 2.45) is 0 Å². The number of nitrogens with one attached hydrogen (secondary N) is 2. The van der Waals surface area contributed by atoms with Gasteiger partial charge < -0.3 is 15.7 Å². The summed E-state index contributed by atoms with van der Waals surface area (Å²) < 4.78 is 91.2. The van der Waals surface area contributed by atoms with Gasteiger partial charge in [0.25, 0.3) is 0 Å². The van der Waals surface area contributed by atoms with Crippen molar-refractivity contribution in [3.63, 3.8) is 0 Å². The van der Waals surface area contributed by atoms with Crippen LogP contribution in [0.25, 0.3) is 5.57 Å². The number of aromatic nitrogens is 3. The largest absolute Gasteiger partial charge is 0.408 e. The number of nitrogens with zero attached hydrogens (tertiary/aromatic N) is 3. The van der Waals surface area contributed by atoms with Crippen LogP contribution in [0.1, 0.15) is 32.5 Å². The second kappa shape index (κ2) is 8.46. The minimum absolute atomic E-state index is 0.0798. The highest BCUT2D eigenvalue weighted by Crippen LogP contribution is 2.35. The molecule has 6 nitrogen and oxygen atoms in total. The third-order valence-electron chi connectivity index (χ3n) is 4.14. The Labute approximate surface area is 165 Å². The molecular formula is C15H17ClF7N5O. The third kappa shape index (κ3) is 5.81. The molecule has 0 spiro atoms. The molecule has 0 fully saturated rings. The number of anilines is 2. The summed E-state index contributed by atoms with van der Waals surface area (Å²) in [5.41, 5.74) is -0.276. The van der Waals surface area contributed by atoms with Crippen LogP contribution < -0.4 is 10.6 Å². The molecule has 0 saturated carbocycles. The number of hydrogen-bond acceptors (Lipinski definition) is 6. The molecule has 3 N–H and O–H groups in total. The average molecular weight is 452 g/mol. The molecule has 0 aromatic carbocycles. The Morgan fingerprint density at radius 1 is 0.966 bits per heavy atom. The molecule has 4 atom stereocenters. The molecule has 1 aliphatic carbocycles. The molecule has 0 radical (unpaired) electrons. The highest BCUT2D eigenvalue weighted by molar-refractivity contribution is 6.21. The van der Waals surface area contributed by atoms with Crippen LogP contribution in [0.15, 0.2) is 5.83 Å². The monoisotopic (exact) mass is 451 g/mol. The fourth-order valence-corrected chi connectivity index (χ4v) is 2.53. The molecule has 29 heavy (non-hydrogen) atoms. The van der Waals surface area contributed by atoms with Crippen LogP contribution in [-0.4, -0.2) is 56.0 Å². The minimum Gasteiger partial charge on any atom is -0.384 e. The molecule has 0 saturated heterocycles. The van der Waals surface area contributed by atoms with E-state index in [2.05, 4.69) is 15.0 Å². The van der Waals surface area contributed by atoms with Gasteiger partial charge in [0.1, 0.15) is 24.0 Å². The summed E-state index contributed by atoms with van der Waals surface area (Å²) in [6.45, 7) is 1.49. The standard InChI is InChI=1S/C15H17ClF7N5O/c1-5(14(18,19)20)24-12-26-11(7-3-4-8(16)10(29)9(7)17)27-13(28-12)25-6(2)15(21,22)23/h5-6,8,10,29H,3-4H2,1-2H3,(H2,24,25,26,27,28). The van der Waals surface area contributed by atoms with Gasteiger partial charge in [0.15, 0.2) is 5.82 Å². The van der Waals surface area contributed by atoms with Crippen molar-refractivity contribution in [1.29, 1.82) is 0 Å². The maximum Gasteiger partial charge on any atom is 0.408 e. The van der Waals surface area contributed by atoms with Gasteiger partial charge in [-0.25, -0.2) is 4.39 Å². The van der Waals surface area contributed by atoms with Gasteiger partial charge in [-0.3, -0.25) is 0 Å². The van der Waals surface area contributed by atoms with Crippen LogP contribution in [0, 0.1) is 0 Å². The van der Waals surface area contributed by atoms with Crippen LogP contribution in [0.3, 0.4) is 0 Å². The van der Waals surface area contributed by atoms with Crippen LogP contribution in [0.5, 0.6) is 0 Å². The van der Waals surface area contributed by atoms with Crippen LogP contribution in [0.2, 0.25) is 0 Å². The van der Waals surface area contributed by atoms with Crippen LogP contribution in [0.4, 0.5) is 42.6 Å². The average Bonchev–Trinajstić information content (AvgIpc) is 2.58.